The predicted octanol–water partition coefficient (Wildman–Crippen LogP) is 2.11. The van der Waals surface area contributed by atoms with Gasteiger partial charge in [-0.1, -0.05) is 13.8 Å². The third-order valence-corrected chi connectivity index (χ3v) is 1.85. The molecule has 0 saturated carbocycles. The highest BCUT2D eigenvalue weighted by Crippen LogP contribution is 2.14. The lowest BCUT2D eigenvalue weighted by Crippen LogP contribution is -1.97. The van der Waals surface area contributed by atoms with E-state index in [4.69, 9.17) is 0 Å². The van der Waals surface area contributed by atoms with E-state index in [2.05, 4.69) is 4.98 Å². The van der Waals surface area contributed by atoms with Crippen molar-refractivity contribution in [1.29, 1.82) is 0 Å². The van der Waals surface area contributed by atoms with E-state index in [-0.39, 0.29) is 10.6 Å². The van der Waals surface area contributed by atoms with Crippen LogP contribution in [0, 0.1) is 10.1 Å². The molecule has 1 rings (SSSR count). The number of aryl methyl sites for hydroxylation is 2. The lowest BCUT2D eigenvalue weighted by molar-refractivity contribution is -0.385. The maximum absolute atomic E-state index is 10.5. The quantitative estimate of drug-likeness (QED) is 0.528. The van der Waals surface area contributed by atoms with Crippen LogP contribution >= 0.6 is 0 Å². The summed E-state index contributed by atoms with van der Waals surface area (Å²) in [4.78, 5) is 14.4. The highest BCUT2D eigenvalue weighted by molar-refractivity contribution is 5.33. The first-order valence-corrected chi connectivity index (χ1v) is 4.31. The van der Waals surface area contributed by atoms with Crippen molar-refractivity contribution in [3.8, 4) is 0 Å². The highest BCUT2D eigenvalue weighted by Gasteiger charge is 2.08. The summed E-state index contributed by atoms with van der Waals surface area (Å²) in [5, 5.41) is 10.5. The van der Waals surface area contributed by atoms with Gasteiger partial charge in [-0.15, -0.1) is 0 Å². The number of nitro groups is 1. The van der Waals surface area contributed by atoms with Gasteiger partial charge in [0, 0.05) is 23.5 Å². The van der Waals surface area contributed by atoms with Gasteiger partial charge in [0.05, 0.1) is 4.92 Å². The number of hydrogen-bond acceptors (Lipinski definition) is 3. The molecule has 0 aromatic carbocycles. The maximum atomic E-state index is 10.5. The molecule has 0 N–H and O–H groups in total. The zero-order chi connectivity index (χ0) is 9.84. The van der Waals surface area contributed by atoms with E-state index in [1.54, 1.807) is 0 Å². The van der Waals surface area contributed by atoms with Crippen LogP contribution in [0.1, 0.15) is 25.2 Å². The molecular weight excluding hydrogens is 168 g/mol. The first kappa shape index (κ1) is 9.64. The standard InChI is InChI=1S/C9H12N2O2/c1-3-7-5-9(11(12)13)6-8(4-2)10-7/h5-6H,3-4H2,1-2H3. The predicted molar refractivity (Wildman–Crippen MR) is 49.6 cm³/mol. The number of rotatable bonds is 3. The van der Waals surface area contributed by atoms with Crippen LogP contribution in [-0.2, 0) is 12.8 Å². The SMILES string of the molecule is CCc1cc([N+](=O)[O-])cc(CC)n1. The van der Waals surface area contributed by atoms with Crippen molar-refractivity contribution in [2.45, 2.75) is 26.7 Å². The molecule has 0 saturated heterocycles. The number of hydrogen-bond donors (Lipinski definition) is 0. The maximum Gasteiger partial charge on any atom is 0.273 e. The summed E-state index contributed by atoms with van der Waals surface area (Å²) in [6.45, 7) is 3.87. The van der Waals surface area contributed by atoms with Crippen LogP contribution in [0.25, 0.3) is 0 Å². The molecule has 0 atom stereocenters. The molecular formula is C9H12N2O2. The Bertz CT molecular complexity index is 301. The van der Waals surface area contributed by atoms with Crippen molar-refractivity contribution < 1.29 is 4.92 Å². The monoisotopic (exact) mass is 180 g/mol. The van der Waals surface area contributed by atoms with Gasteiger partial charge in [-0.3, -0.25) is 15.1 Å². The Morgan fingerprint density at radius 2 is 1.77 bits per heavy atom. The number of pyridine rings is 1. The van der Waals surface area contributed by atoms with Gasteiger partial charge in [0.15, 0.2) is 0 Å². The molecule has 0 aliphatic carbocycles. The van der Waals surface area contributed by atoms with Crippen LogP contribution in [0.3, 0.4) is 0 Å². The minimum atomic E-state index is -0.375. The Morgan fingerprint density at radius 1 is 1.31 bits per heavy atom. The molecule has 1 aromatic heterocycles. The molecule has 1 heterocycles. The van der Waals surface area contributed by atoms with Gasteiger partial charge in [-0.25, -0.2) is 0 Å². The van der Waals surface area contributed by atoms with E-state index in [1.807, 2.05) is 13.8 Å². The topological polar surface area (TPSA) is 56.0 Å². The second kappa shape index (κ2) is 3.98. The lowest BCUT2D eigenvalue weighted by atomic mass is 10.2. The van der Waals surface area contributed by atoms with Crippen molar-refractivity contribution in [1.82, 2.24) is 4.98 Å². The van der Waals surface area contributed by atoms with Crippen LogP contribution in [0.5, 0.6) is 0 Å². The summed E-state index contributed by atoms with van der Waals surface area (Å²) in [7, 11) is 0. The Kier molecular flexibility index (Phi) is 2.95. The van der Waals surface area contributed by atoms with Gasteiger partial charge in [0.2, 0.25) is 0 Å². The smallest absolute Gasteiger partial charge is 0.258 e. The normalized spacial score (nSPS) is 10.0. The molecule has 4 nitrogen and oxygen atoms in total. The van der Waals surface area contributed by atoms with Gasteiger partial charge in [0.25, 0.3) is 5.69 Å². The summed E-state index contributed by atoms with van der Waals surface area (Å²) in [6, 6.07) is 3.05. The van der Waals surface area contributed by atoms with Gasteiger partial charge in [0.1, 0.15) is 0 Å². The Morgan fingerprint density at radius 3 is 2.08 bits per heavy atom. The first-order valence-electron chi connectivity index (χ1n) is 4.31. The van der Waals surface area contributed by atoms with E-state index >= 15 is 0 Å². The van der Waals surface area contributed by atoms with Crippen molar-refractivity contribution in [2.24, 2.45) is 0 Å². The van der Waals surface area contributed by atoms with E-state index in [0.29, 0.717) is 0 Å². The summed E-state index contributed by atoms with van der Waals surface area (Å²) in [6.07, 6.45) is 1.46. The summed E-state index contributed by atoms with van der Waals surface area (Å²) in [5.74, 6) is 0. The van der Waals surface area contributed by atoms with Crippen LogP contribution in [0.15, 0.2) is 12.1 Å². The average Bonchev–Trinajstić information content (AvgIpc) is 2.16. The third kappa shape index (κ3) is 2.24. The molecule has 0 aliphatic rings. The fourth-order valence-corrected chi connectivity index (χ4v) is 1.10. The fraction of sp³-hybridized carbons (Fsp3) is 0.444. The van der Waals surface area contributed by atoms with Gasteiger partial charge < -0.3 is 0 Å². The van der Waals surface area contributed by atoms with Gasteiger partial charge >= 0.3 is 0 Å². The van der Waals surface area contributed by atoms with E-state index in [9.17, 15) is 10.1 Å². The van der Waals surface area contributed by atoms with Crippen LogP contribution < -0.4 is 0 Å². The van der Waals surface area contributed by atoms with Crippen molar-refractivity contribution in [3.05, 3.63) is 33.6 Å². The van der Waals surface area contributed by atoms with Crippen molar-refractivity contribution in [3.63, 3.8) is 0 Å². The molecule has 1 aromatic rings. The molecule has 0 spiro atoms. The minimum Gasteiger partial charge on any atom is -0.258 e. The van der Waals surface area contributed by atoms with E-state index in [1.165, 1.54) is 12.1 Å². The molecule has 4 heteroatoms. The molecule has 0 bridgehead atoms. The molecule has 13 heavy (non-hydrogen) atoms. The lowest BCUT2D eigenvalue weighted by Gasteiger charge is -2.00. The number of aromatic nitrogens is 1. The zero-order valence-corrected chi connectivity index (χ0v) is 7.78. The molecule has 0 unspecified atom stereocenters. The van der Waals surface area contributed by atoms with Crippen LogP contribution in [-0.4, -0.2) is 9.91 Å². The Labute approximate surface area is 76.8 Å². The van der Waals surface area contributed by atoms with Crippen molar-refractivity contribution in [2.75, 3.05) is 0 Å². The van der Waals surface area contributed by atoms with Crippen LogP contribution in [0.4, 0.5) is 5.69 Å². The van der Waals surface area contributed by atoms with E-state index in [0.717, 1.165) is 24.2 Å². The molecule has 70 valence electrons. The largest absolute Gasteiger partial charge is 0.273 e. The Hall–Kier alpha value is -1.45. The molecule has 0 radical (unpaired) electrons. The first-order chi connectivity index (χ1) is 6.17. The molecule has 0 amide bonds. The second-order valence-corrected chi connectivity index (χ2v) is 2.77. The summed E-state index contributed by atoms with van der Waals surface area (Å²) >= 11 is 0. The molecule has 0 fully saturated rings. The number of nitrogens with zero attached hydrogens (tertiary/aromatic N) is 2. The zero-order valence-electron chi connectivity index (χ0n) is 7.78. The minimum absolute atomic E-state index is 0.142. The average molecular weight is 180 g/mol. The summed E-state index contributed by atoms with van der Waals surface area (Å²) < 4.78 is 0. The van der Waals surface area contributed by atoms with Gasteiger partial charge in [-0.2, -0.15) is 0 Å². The molecule has 0 aliphatic heterocycles. The summed E-state index contributed by atoms with van der Waals surface area (Å²) in [5.41, 5.74) is 1.71. The highest BCUT2D eigenvalue weighted by atomic mass is 16.6. The fourth-order valence-electron chi connectivity index (χ4n) is 1.10. The Balaban J connectivity index is 3.14. The van der Waals surface area contributed by atoms with Gasteiger partial charge in [-0.05, 0) is 12.8 Å². The third-order valence-electron chi connectivity index (χ3n) is 1.85. The van der Waals surface area contributed by atoms with Crippen LogP contribution in [0.2, 0.25) is 0 Å². The second-order valence-electron chi connectivity index (χ2n) is 2.77. The van der Waals surface area contributed by atoms with E-state index < -0.39 is 0 Å². The van der Waals surface area contributed by atoms with Crippen molar-refractivity contribution >= 4 is 5.69 Å².